The van der Waals surface area contributed by atoms with Crippen LogP contribution in [0.15, 0.2) is 24.3 Å². The molecule has 23 heavy (non-hydrogen) atoms. The van der Waals surface area contributed by atoms with E-state index in [0.717, 1.165) is 21.1 Å². The molecule has 0 saturated heterocycles. The van der Waals surface area contributed by atoms with Gasteiger partial charge in [-0.1, -0.05) is 29.8 Å². The molecule has 0 fully saturated rings. The topological polar surface area (TPSA) is 68.3 Å². The summed E-state index contributed by atoms with van der Waals surface area (Å²) in [6.07, 6.45) is 0.435. The van der Waals surface area contributed by atoms with Gasteiger partial charge in [-0.05, 0) is 13.8 Å². The van der Waals surface area contributed by atoms with E-state index in [1.807, 2.05) is 38.1 Å². The molecule has 0 radical (unpaired) electrons. The van der Waals surface area contributed by atoms with Gasteiger partial charge < -0.3 is 10.1 Å². The number of nitrogens with zero attached hydrogens (tertiary/aromatic N) is 1. The third-order valence-corrected chi connectivity index (χ3v) is 4.30. The number of esters is 1. The summed E-state index contributed by atoms with van der Waals surface area (Å²) in [5.41, 5.74) is 3.05. The fourth-order valence-corrected chi connectivity index (χ4v) is 3.10. The summed E-state index contributed by atoms with van der Waals surface area (Å²) in [4.78, 5) is 28.6. The first kappa shape index (κ1) is 17.1. The Labute approximate surface area is 139 Å². The zero-order chi connectivity index (χ0) is 16.8. The normalized spacial score (nSPS) is 10.4. The van der Waals surface area contributed by atoms with Crippen LogP contribution in [0.2, 0.25) is 0 Å². The number of benzene rings is 1. The lowest BCUT2D eigenvalue weighted by molar-refractivity contribution is -0.140. The van der Waals surface area contributed by atoms with Crippen molar-refractivity contribution < 1.29 is 14.3 Å². The van der Waals surface area contributed by atoms with Gasteiger partial charge in [-0.3, -0.25) is 9.59 Å². The molecule has 2 rings (SSSR count). The lowest BCUT2D eigenvalue weighted by Gasteiger charge is -2.05. The van der Waals surface area contributed by atoms with Crippen molar-refractivity contribution in [1.29, 1.82) is 0 Å². The Bertz CT molecular complexity index is 692. The molecule has 6 heteroatoms. The molecule has 0 atom stereocenters. The van der Waals surface area contributed by atoms with Crippen LogP contribution in [0, 0.1) is 13.8 Å². The molecule has 0 bridgehead atoms. The minimum absolute atomic E-state index is 0.120. The quantitative estimate of drug-likeness (QED) is 0.826. The van der Waals surface area contributed by atoms with Crippen LogP contribution in [0.25, 0.3) is 11.3 Å². The third-order valence-electron chi connectivity index (χ3n) is 3.33. The molecule has 1 aromatic heterocycles. The van der Waals surface area contributed by atoms with E-state index >= 15 is 0 Å². The molecule has 0 aliphatic rings. The van der Waals surface area contributed by atoms with Gasteiger partial charge in [0.05, 0.1) is 30.7 Å². The molecule has 0 spiro atoms. The molecule has 1 N–H and O–H groups in total. The van der Waals surface area contributed by atoms with E-state index in [1.165, 1.54) is 24.0 Å². The Kier molecular flexibility index (Phi) is 5.87. The Balaban J connectivity index is 2.04. The molecular weight excluding hydrogens is 312 g/mol. The number of carbonyl (C=O) groups excluding carboxylic acids is 2. The predicted octanol–water partition coefficient (Wildman–Crippen LogP) is 2.65. The van der Waals surface area contributed by atoms with E-state index in [-0.39, 0.29) is 31.3 Å². The highest BCUT2D eigenvalue weighted by molar-refractivity contribution is 7.12. The highest BCUT2D eigenvalue weighted by atomic mass is 32.1. The fraction of sp³-hybridized carbons (Fsp3) is 0.353. The van der Waals surface area contributed by atoms with Crippen LogP contribution < -0.4 is 5.32 Å². The summed E-state index contributed by atoms with van der Waals surface area (Å²) in [5, 5.41) is 3.66. The van der Waals surface area contributed by atoms with Crippen LogP contribution in [0.4, 0.5) is 0 Å². The Morgan fingerprint density at radius 2 is 1.91 bits per heavy atom. The fourth-order valence-electron chi connectivity index (χ4n) is 2.14. The Morgan fingerprint density at radius 1 is 1.22 bits per heavy atom. The van der Waals surface area contributed by atoms with Gasteiger partial charge >= 0.3 is 5.97 Å². The summed E-state index contributed by atoms with van der Waals surface area (Å²) in [7, 11) is 1.33. The maximum atomic E-state index is 12.0. The predicted molar refractivity (Wildman–Crippen MR) is 90.4 cm³/mol. The number of rotatable bonds is 6. The average Bonchev–Trinajstić information content (AvgIpc) is 2.88. The van der Waals surface area contributed by atoms with Crippen molar-refractivity contribution in [2.24, 2.45) is 0 Å². The van der Waals surface area contributed by atoms with E-state index < -0.39 is 0 Å². The summed E-state index contributed by atoms with van der Waals surface area (Å²) < 4.78 is 4.54. The van der Waals surface area contributed by atoms with Crippen molar-refractivity contribution in [3.63, 3.8) is 0 Å². The molecule has 2 aromatic rings. The Hall–Kier alpha value is -2.21. The van der Waals surface area contributed by atoms with Crippen LogP contribution >= 0.6 is 11.3 Å². The highest BCUT2D eigenvalue weighted by Gasteiger charge is 2.15. The molecule has 0 saturated carbocycles. The largest absolute Gasteiger partial charge is 0.469 e. The number of methoxy groups -OCH3 is 1. The first-order valence-corrected chi connectivity index (χ1v) is 8.18. The smallest absolute Gasteiger partial charge is 0.307 e. The van der Waals surface area contributed by atoms with Crippen LogP contribution in [0.5, 0.6) is 0 Å². The summed E-state index contributed by atoms with van der Waals surface area (Å²) in [6.45, 7) is 4.25. The van der Waals surface area contributed by atoms with Crippen LogP contribution in [0.3, 0.4) is 0 Å². The molecule has 5 nitrogen and oxygen atoms in total. The summed E-state index contributed by atoms with van der Waals surface area (Å²) in [5.74, 6) is -0.454. The van der Waals surface area contributed by atoms with E-state index in [2.05, 4.69) is 15.0 Å². The molecule has 122 valence electrons. The van der Waals surface area contributed by atoms with Crippen LogP contribution in [0.1, 0.15) is 21.9 Å². The highest BCUT2D eigenvalue weighted by Crippen LogP contribution is 2.28. The van der Waals surface area contributed by atoms with E-state index in [1.54, 1.807) is 0 Å². The minimum Gasteiger partial charge on any atom is -0.469 e. The number of hydrogen-bond donors (Lipinski definition) is 1. The van der Waals surface area contributed by atoms with Crippen LogP contribution in [-0.4, -0.2) is 30.5 Å². The van der Waals surface area contributed by atoms with Crippen LogP contribution in [-0.2, 0) is 20.7 Å². The van der Waals surface area contributed by atoms with Crippen molar-refractivity contribution in [2.75, 3.05) is 13.7 Å². The number of nitrogens with one attached hydrogen (secondary N) is 1. The third kappa shape index (κ3) is 4.89. The molecule has 0 aliphatic carbocycles. The van der Waals surface area contributed by atoms with E-state index in [9.17, 15) is 9.59 Å². The zero-order valence-corrected chi connectivity index (χ0v) is 14.3. The van der Waals surface area contributed by atoms with E-state index in [0.29, 0.717) is 0 Å². The van der Waals surface area contributed by atoms with Crippen molar-refractivity contribution in [1.82, 2.24) is 10.3 Å². The number of hydrogen-bond acceptors (Lipinski definition) is 5. The number of thiazole rings is 1. The summed E-state index contributed by atoms with van der Waals surface area (Å²) >= 11 is 1.52. The first-order valence-electron chi connectivity index (χ1n) is 7.36. The first-order chi connectivity index (χ1) is 11.0. The standard InChI is InChI=1S/C17H20N2O3S/c1-11-4-6-13(7-5-11)17-14(23-12(2)19-17)10-15(20)18-9-8-16(21)22-3/h4-7H,8-10H2,1-3H3,(H,18,20). The maximum absolute atomic E-state index is 12.0. The van der Waals surface area contributed by atoms with Gasteiger partial charge in [-0.15, -0.1) is 11.3 Å². The number of aromatic nitrogens is 1. The average molecular weight is 332 g/mol. The van der Waals surface area contributed by atoms with Gasteiger partial charge in [-0.25, -0.2) is 4.98 Å². The van der Waals surface area contributed by atoms with Gasteiger partial charge in [0.25, 0.3) is 0 Å². The lowest BCUT2D eigenvalue weighted by Crippen LogP contribution is -2.27. The second kappa shape index (κ2) is 7.87. The van der Waals surface area contributed by atoms with Crippen molar-refractivity contribution in [3.8, 4) is 11.3 Å². The van der Waals surface area contributed by atoms with Gasteiger partial charge in [-0.2, -0.15) is 0 Å². The Morgan fingerprint density at radius 3 is 2.57 bits per heavy atom. The monoisotopic (exact) mass is 332 g/mol. The lowest BCUT2D eigenvalue weighted by atomic mass is 10.1. The maximum Gasteiger partial charge on any atom is 0.307 e. The van der Waals surface area contributed by atoms with Gasteiger partial charge in [0.1, 0.15) is 0 Å². The molecular formula is C17H20N2O3S. The second-order valence-corrected chi connectivity index (χ2v) is 6.51. The molecule has 1 heterocycles. The number of amides is 1. The van der Waals surface area contributed by atoms with Crippen molar-refractivity contribution in [3.05, 3.63) is 39.7 Å². The zero-order valence-electron chi connectivity index (χ0n) is 13.5. The SMILES string of the molecule is COC(=O)CCNC(=O)Cc1sc(C)nc1-c1ccc(C)cc1. The van der Waals surface area contributed by atoms with E-state index in [4.69, 9.17) is 0 Å². The number of carbonyl (C=O) groups is 2. The summed E-state index contributed by atoms with van der Waals surface area (Å²) in [6, 6.07) is 8.10. The second-order valence-electron chi connectivity index (χ2n) is 5.22. The van der Waals surface area contributed by atoms with Gasteiger partial charge in [0.15, 0.2) is 0 Å². The molecule has 1 amide bonds. The van der Waals surface area contributed by atoms with Crippen molar-refractivity contribution in [2.45, 2.75) is 26.7 Å². The number of aryl methyl sites for hydroxylation is 2. The van der Waals surface area contributed by atoms with Gasteiger partial charge in [0.2, 0.25) is 5.91 Å². The number of ether oxygens (including phenoxy) is 1. The van der Waals surface area contributed by atoms with Crippen molar-refractivity contribution >= 4 is 23.2 Å². The molecule has 0 aliphatic heterocycles. The molecule has 1 aromatic carbocycles. The minimum atomic E-state index is -0.334. The van der Waals surface area contributed by atoms with Gasteiger partial charge in [0, 0.05) is 17.0 Å². The molecule has 0 unspecified atom stereocenters.